The molecule has 4 heteroatoms. The molecular weight excluding hydrogens is 122 g/mol. The quantitative estimate of drug-likeness (QED) is 0.528. The average molecular weight is 131 g/mol. The van der Waals surface area contributed by atoms with Crippen molar-refractivity contribution in [1.82, 2.24) is 16.0 Å². The van der Waals surface area contributed by atoms with Gasteiger partial charge in [-0.3, -0.25) is 5.01 Å². The molecule has 0 unspecified atom stereocenters. The Morgan fingerprint density at radius 3 is 2.75 bits per heavy atom. The van der Waals surface area contributed by atoms with Gasteiger partial charge in [0.1, 0.15) is 5.03 Å². The Kier molecular flexibility index (Phi) is 1.65. The van der Waals surface area contributed by atoms with E-state index in [1.165, 1.54) is 5.03 Å². The van der Waals surface area contributed by atoms with Crippen LogP contribution >= 0.6 is 11.8 Å². The molecule has 8 heavy (non-hydrogen) atoms. The van der Waals surface area contributed by atoms with Gasteiger partial charge in [0.15, 0.2) is 0 Å². The van der Waals surface area contributed by atoms with Crippen molar-refractivity contribution in [3.63, 3.8) is 0 Å². The summed E-state index contributed by atoms with van der Waals surface area (Å²) in [7, 11) is 1.96. The van der Waals surface area contributed by atoms with Crippen LogP contribution in [-0.4, -0.2) is 18.3 Å². The van der Waals surface area contributed by atoms with Crippen LogP contribution in [0.5, 0.6) is 0 Å². The Hall–Kier alpha value is -0.350. The zero-order valence-electron chi connectivity index (χ0n) is 4.93. The Labute approximate surface area is 53.1 Å². The first-order chi connectivity index (χ1) is 3.84. The van der Waals surface area contributed by atoms with Crippen molar-refractivity contribution in [2.45, 2.75) is 0 Å². The van der Waals surface area contributed by atoms with Gasteiger partial charge >= 0.3 is 0 Å². The average Bonchev–Trinajstić information content (AvgIpc) is 2.14. The highest BCUT2D eigenvalue weighted by Crippen LogP contribution is 2.13. The smallest absolute Gasteiger partial charge is 0.103 e. The van der Waals surface area contributed by atoms with E-state index in [1.807, 2.05) is 24.5 Å². The molecule has 0 aliphatic carbocycles. The molecule has 0 radical (unpaired) electrons. The molecule has 0 spiro atoms. The first kappa shape index (κ1) is 5.78. The van der Waals surface area contributed by atoms with Crippen LogP contribution in [0.3, 0.4) is 0 Å². The minimum atomic E-state index is 1.20. The summed E-state index contributed by atoms with van der Waals surface area (Å²) in [4.78, 5) is 0. The molecule has 1 aliphatic rings. The van der Waals surface area contributed by atoms with Crippen molar-refractivity contribution >= 4 is 11.8 Å². The summed E-state index contributed by atoms with van der Waals surface area (Å²) in [5.41, 5.74) is 5.76. The number of thioether (sulfide) groups is 1. The maximum Gasteiger partial charge on any atom is 0.103 e. The molecule has 0 fully saturated rings. The van der Waals surface area contributed by atoms with E-state index in [4.69, 9.17) is 0 Å². The van der Waals surface area contributed by atoms with E-state index in [0.717, 1.165) is 0 Å². The lowest BCUT2D eigenvalue weighted by Gasteiger charge is -2.11. The van der Waals surface area contributed by atoms with Gasteiger partial charge < -0.3 is 5.43 Å². The second-order valence-electron chi connectivity index (χ2n) is 1.50. The minimum absolute atomic E-state index is 1.20. The zero-order chi connectivity index (χ0) is 5.98. The summed E-state index contributed by atoms with van der Waals surface area (Å²) >= 11 is 1.70. The van der Waals surface area contributed by atoms with Crippen LogP contribution in [0.15, 0.2) is 11.2 Å². The molecular formula is C4H9N3S. The van der Waals surface area contributed by atoms with Gasteiger partial charge in [-0.05, 0) is 6.26 Å². The van der Waals surface area contributed by atoms with Crippen LogP contribution < -0.4 is 11.0 Å². The predicted octanol–water partition coefficient (Wildman–Crippen LogP) is 0.103. The van der Waals surface area contributed by atoms with Crippen molar-refractivity contribution in [3.05, 3.63) is 11.2 Å². The largest absolute Gasteiger partial charge is 0.308 e. The lowest BCUT2D eigenvalue weighted by atomic mass is 10.9. The van der Waals surface area contributed by atoms with E-state index in [2.05, 4.69) is 11.0 Å². The molecule has 0 aromatic rings. The highest BCUT2D eigenvalue weighted by molar-refractivity contribution is 8.02. The Balaban J connectivity index is 2.49. The predicted molar refractivity (Wildman–Crippen MR) is 35.6 cm³/mol. The molecule has 0 saturated carbocycles. The number of hydrogen-bond donors (Lipinski definition) is 2. The Morgan fingerprint density at radius 1 is 1.75 bits per heavy atom. The molecule has 1 heterocycles. The summed E-state index contributed by atoms with van der Waals surface area (Å²) < 4.78 is 0. The standard InChI is InChI=1S/C4H9N3S/c1-7-4(8-2)3-5-6-7/h3,5-6H,1-2H3. The Bertz CT molecular complexity index is 112. The maximum absolute atomic E-state index is 2.89. The summed E-state index contributed by atoms with van der Waals surface area (Å²) in [6.45, 7) is 0. The number of nitrogens with one attached hydrogen (secondary N) is 2. The second kappa shape index (κ2) is 2.28. The number of hydrogen-bond acceptors (Lipinski definition) is 4. The summed E-state index contributed by atoms with van der Waals surface area (Å²) in [6.07, 6.45) is 3.96. The van der Waals surface area contributed by atoms with Gasteiger partial charge in [0.05, 0.1) is 0 Å². The molecule has 0 amide bonds. The van der Waals surface area contributed by atoms with Crippen LogP contribution in [0.25, 0.3) is 0 Å². The summed E-state index contributed by atoms with van der Waals surface area (Å²) in [5, 5.41) is 3.12. The van der Waals surface area contributed by atoms with E-state index in [9.17, 15) is 0 Å². The van der Waals surface area contributed by atoms with E-state index in [0.29, 0.717) is 0 Å². The van der Waals surface area contributed by atoms with Crippen LogP contribution in [0.4, 0.5) is 0 Å². The van der Waals surface area contributed by atoms with Crippen molar-refractivity contribution < 1.29 is 0 Å². The number of rotatable bonds is 1. The molecule has 1 rings (SSSR count). The van der Waals surface area contributed by atoms with Gasteiger partial charge in [-0.1, -0.05) is 0 Å². The van der Waals surface area contributed by atoms with Gasteiger partial charge in [0.2, 0.25) is 0 Å². The third-order valence-corrected chi connectivity index (χ3v) is 1.78. The van der Waals surface area contributed by atoms with Crippen LogP contribution in [-0.2, 0) is 0 Å². The lowest BCUT2D eigenvalue weighted by Crippen LogP contribution is -2.33. The highest BCUT2D eigenvalue weighted by Gasteiger charge is 2.05. The first-order valence-corrected chi connectivity index (χ1v) is 3.56. The van der Waals surface area contributed by atoms with E-state index in [-0.39, 0.29) is 0 Å². The van der Waals surface area contributed by atoms with Crippen LogP contribution in [0, 0.1) is 0 Å². The third kappa shape index (κ3) is 0.900. The van der Waals surface area contributed by atoms with Gasteiger partial charge in [0.25, 0.3) is 0 Å². The van der Waals surface area contributed by atoms with E-state index < -0.39 is 0 Å². The lowest BCUT2D eigenvalue weighted by molar-refractivity contribution is 0.323. The molecule has 0 saturated heterocycles. The summed E-state index contributed by atoms with van der Waals surface area (Å²) in [6, 6.07) is 0. The van der Waals surface area contributed by atoms with Crippen molar-refractivity contribution in [2.75, 3.05) is 13.3 Å². The summed E-state index contributed by atoms with van der Waals surface area (Å²) in [5.74, 6) is 0. The SMILES string of the molecule is CSC1=CNNN1C. The van der Waals surface area contributed by atoms with E-state index >= 15 is 0 Å². The van der Waals surface area contributed by atoms with Crippen molar-refractivity contribution in [2.24, 2.45) is 0 Å². The molecule has 46 valence electrons. The van der Waals surface area contributed by atoms with Gasteiger partial charge in [0, 0.05) is 13.2 Å². The minimum Gasteiger partial charge on any atom is -0.308 e. The topological polar surface area (TPSA) is 27.3 Å². The molecule has 3 nitrogen and oxygen atoms in total. The normalized spacial score (nSPS) is 18.2. The fourth-order valence-electron chi connectivity index (χ4n) is 0.539. The van der Waals surface area contributed by atoms with Crippen molar-refractivity contribution in [1.29, 1.82) is 0 Å². The van der Waals surface area contributed by atoms with Gasteiger partial charge in [-0.2, -0.15) is 0 Å². The highest BCUT2D eigenvalue weighted by atomic mass is 32.2. The molecule has 1 aliphatic heterocycles. The van der Waals surface area contributed by atoms with E-state index in [1.54, 1.807) is 11.8 Å². The third-order valence-electron chi connectivity index (χ3n) is 0.968. The van der Waals surface area contributed by atoms with Crippen molar-refractivity contribution in [3.8, 4) is 0 Å². The maximum atomic E-state index is 2.89. The fourth-order valence-corrected chi connectivity index (χ4v) is 1.03. The molecule has 0 atom stereocenters. The van der Waals surface area contributed by atoms with Gasteiger partial charge in [-0.25, -0.2) is 0 Å². The first-order valence-electron chi connectivity index (χ1n) is 2.33. The molecule has 0 aromatic carbocycles. The monoisotopic (exact) mass is 131 g/mol. The number of nitrogens with zero attached hydrogens (tertiary/aromatic N) is 1. The van der Waals surface area contributed by atoms with Gasteiger partial charge in [-0.15, -0.1) is 17.3 Å². The molecule has 0 bridgehead atoms. The Morgan fingerprint density at radius 2 is 2.50 bits per heavy atom. The van der Waals surface area contributed by atoms with Crippen LogP contribution in [0.2, 0.25) is 0 Å². The molecule has 2 N–H and O–H groups in total. The second-order valence-corrected chi connectivity index (χ2v) is 2.33. The number of hydrazine groups is 2. The zero-order valence-corrected chi connectivity index (χ0v) is 5.75. The molecule has 0 aromatic heterocycles. The fraction of sp³-hybridized carbons (Fsp3) is 0.500. The van der Waals surface area contributed by atoms with Crippen LogP contribution in [0.1, 0.15) is 0 Å².